The summed E-state index contributed by atoms with van der Waals surface area (Å²) in [6.45, 7) is 0. The molecule has 0 saturated carbocycles. The number of aromatic nitrogens is 3. The van der Waals surface area contributed by atoms with Gasteiger partial charge in [-0.15, -0.1) is 11.3 Å². The summed E-state index contributed by atoms with van der Waals surface area (Å²) in [4.78, 5) is 16.2. The summed E-state index contributed by atoms with van der Waals surface area (Å²) in [7, 11) is 0. The fourth-order valence-electron chi connectivity index (χ4n) is 1.83. The van der Waals surface area contributed by atoms with Gasteiger partial charge in [-0.05, 0) is 29.1 Å². The predicted molar refractivity (Wildman–Crippen MR) is 71.4 cm³/mol. The molecular formula is C12H6ClF2N3OS. The van der Waals surface area contributed by atoms with E-state index in [4.69, 9.17) is 11.6 Å². The van der Waals surface area contributed by atoms with Crippen molar-refractivity contribution >= 4 is 33.8 Å². The summed E-state index contributed by atoms with van der Waals surface area (Å²) in [6.07, 6.45) is -1.60. The van der Waals surface area contributed by atoms with E-state index in [-0.39, 0.29) is 16.9 Å². The number of hydrogen-bond donors (Lipinski definition) is 0. The van der Waals surface area contributed by atoms with Crippen molar-refractivity contribution in [1.29, 1.82) is 0 Å². The molecule has 0 N–H and O–H groups in total. The zero-order chi connectivity index (χ0) is 14.3. The summed E-state index contributed by atoms with van der Waals surface area (Å²) < 4.78 is 27.2. The van der Waals surface area contributed by atoms with E-state index >= 15 is 0 Å². The van der Waals surface area contributed by atoms with Crippen LogP contribution < -0.4 is 0 Å². The lowest BCUT2D eigenvalue weighted by atomic mass is 10.2. The number of rotatable bonds is 3. The maximum Gasteiger partial charge on any atom is 0.280 e. The Morgan fingerprint density at radius 2 is 2.25 bits per heavy atom. The Morgan fingerprint density at radius 3 is 2.85 bits per heavy atom. The molecule has 20 heavy (non-hydrogen) atoms. The molecule has 0 atom stereocenters. The van der Waals surface area contributed by atoms with Gasteiger partial charge in [0, 0.05) is 0 Å². The van der Waals surface area contributed by atoms with E-state index in [1.165, 1.54) is 17.4 Å². The molecular weight excluding hydrogens is 308 g/mol. The van der Waals surface area contributed by atoms with Crippen molar-refractivity contribution in [2.24, 2.45) is 0 Å². The van der Waals surface area contributed by atoms with Crippen LogP contribution >= 0.6 is 22.9 Å². The molecule has 0 saturated heterocycles. The molecule has 3 aromatic heterocycles. The van der Waals surface area contributed by atoms with Gasteiger partial charge in [0.2, 0.25) is 0 Å². The van der Waals surface area contributed by atoms with Crippen LogP contribution in [0.2, 0.25) is 0 Å². The number of carbonyl (C=O) groups is 1. The van der Waals surface area contributed by atoms with Crippen molar-refractivity contribution in [3.05, 3.63) is 41.0 Å². The minimum atomic E-state index is -2.74. The van der Waals surface area contributed by atoms with Crippen molar-refractivity contribution in [1.82, 2.24) is 14.6 Å². The van der Waals surface area contributed by atoms with Gasteiger partial charge in [0.05, 0.1) is 22.3 Å². The van der Waals surface area contributed by atoms with E-state index in [1.54, 1.807) is 12.1 Å². The van der Waals surface area contributed by atoms with Gasteiger partial charge in [-0.1, -0.05) is 6.07 Å². The van der Waals surface area contributed by atoms with Crippen molar-refractivity contribution < 1.29 is 13.6 Å². The van der Waals surface area contributed by atoms with Crippen molar-refractivity contribution in [2.45, 2.75) is 6.43 Å². The smallest absolute Gasteiger partial charge is 0.275 e. The summed E-state index contributed by atoms with van der Waals surface area (Å²) in [5.74, 6) is 0. The third kappa shape index (κ3) is 2.08. The molecule has 0 aliphatic rings. The van der Waals surface area contributed by atoms with Gasteiger partial charge in [-0.2, -0.15) is 5.10 Å². The summed E-state index contributed by atoms with van der Waals surface area (Å²) >= 11 is 6.78. The van der Waals surface area contributed by atoms with Crippen LogP contribution in [0.5, 0.6) is 0 Å². The van der Waals surface area contributed by atoms with E-state index in [9.17, 15) is 13.6 Å². The Kier molecular flexibility index (Phi) is 3.23. The lowest BCUT2D eigenvalue weighted by Gasteiger charge is -2.06. The molecule has 4 nitrogen and oxygen atoms in total. The monoisotopic (exact) mass is 313 g/mol. The maximum absolute atomic E-state index is 13.1. The topological polar surface area (TPSA) is 47.3 Å². The quantitative estimate of drug-likeness (QED) is 0.691. The van der Waals surface area contributed by atoms with Gasteiger partial charge >= 0.3 is 0 Å². The van der Waals surface area contributed by atoms with Crippen LogP contribution in [0.1, 0.15) is 22.5 Å². The van der Waals surface area contributed by atoms with Crippen LogP contribution in [0.4, 0.5) is 8.78 Å². The first-order valence-electron chi connectivity index (χ1n) is 5.48. The highest BCUT2D eigenvalue weighted by Gasteiger charge is 2.20. The molecule has 3 heterocycles. The van der Waals surface area contributed by atoms with Crippen molar-refractivity contribution in [2.75, 3.05) is 0 Å². The Labute approximate surface area is 120 Å². The SMILES string of the molecule is O=C(Cl)c1cnn2c(C(F)F)cc(-c3cccs3)nc12. The molecule has 3 aromatic rings. The zero-order valence-corrected chi connectivity index (χ0v) is 11.3. The van der Waals surface area contributed by atoms with Crippen LogP contribution in [-0.4, -0.2) is 19.8 Å². The largest absolute Gasteiger partial charge is 0.280 e. The highest BCUT2D eigenvalue weighted by molar-refractivity contribution is 7.13. The molecule has 3 rings (SSSR count). The number of fused-ring (bicyclic) bond motifs is 1. The van der Waals surface area contributed by atoms with Crippen LogP contribution in [0.3, 0.4) is 0 Å². The van der Waals surface area contributed by atoms with Gasteiger partial charge in [0.1, 0.15) is 5.69 Å². The van der Waals surface area contributed by atoms with E-state index in [1.807, 2.05) is 5.38 Å². The van der Waals surface area contributed by atoms with E-state index in [0.717, 1.165) is 15.6 Å². The third-order valence-electron chi connectivity index (χ3n) is 2.71. The average Bonchev–Trinajstić information content (AvgIpc) is 3.06. The van der Waals surface area contributed by atoms with Crippen LogP contribution in [0.15, 0.2) is 29.8 Å². The molecule has 8 heteroatoms. The molecule has 0 fully saturated rings. The molecule has 0 amide bonds. The van der Waals surface area contributed by atoms with Crippen molar-refractivity contribution in [3.63, 3.8) is 0 Å². The number of carbonyl (C=O) groups excluding carboxylic acids is 1. The standard InChI is InChI=1S/C12H6ClF2N3OS/c13-10(19)6-5-16-18-8(11(14)15)4-7(17-12(6)18)9-2-1-3-20-9/h1-5,11H. The first-order chi connectivity index (χ1) is 9.58. The first kappa shape index (κ1) is 13.1. The van der Waals surface area contributed by atoms with E-state index in [2.05, 4.69) is 10.1 Å². The predicted octanol–water partition coefficient (Wildman–Crippen LogP) is 3.77. The number of thiophene rings is 1. The number of hydrogen-bond acceptors (Lipinski definition) is 4. The Morgan fingerprint density at radius 1 is 1.45 bits per heavy atom. The van der Waals surface area contributed by atoms with Crippen LogP contribution in [0.25, 0.3) is 16.2 Å². The average molecular weight is 314 g/mol. The normalized spacial score (nSPS) is 11.4. The number of alkyl halides is 2. The molecule has 0 aliphatic carbocycles. The summed E-state index contributed by atoms with van der Waals surface area (Å²) in [6, 6.07) is 4.81. The molecule has 102 valence electrons. The Hall–Kier alpha value is -1.86. The number of nitrogens with zero attached hydrogens (tertiary/aromatic N) is 3. The van der Waals surface area contributed by atoms with Gasteiger partial charge in [0.25, 0.3) is 11.7 Å². The lowest BCUT2D eigenvalue weighted by Crippen LogP contribution is -2.03. The van der Waals surface area contributed by atoms with Crippen molar-refractivity contribution in [3.8, 4) is 10.6 Å². The molecule has 0 aromatic carbocycles. The molecule has 0 bridgehead atoms. The Balaban J connectivity index is 2.33. The highest BCUT2D eigenvalue weighted by Crippen LogP contribution is 2.29. The molecule has 0 radical (unpaired) electrons. The minimum Gasteiger partial charge on any atom is -0.275 e. The highest BCUT2D eigenvalue weighted by atomic mass is 35.5. The fraction of sp³-hybridized carbons (Fsp3) is 0.0833. The van der Waals surface area contributed by atoms with Crippen LogP contribution in [-0.2, 0) is 0 Å². The molecule has 0 unspecified atom stereocenters. The summed E-state index contributed by atoms with van der Waals surface area (Å²) in [5.41, 5.74) is 0.0724. The number of halogens is 3. The second kappa shape index (κ2) is 4.92. The second-order valence-electron chi connectivity index (χ2n) is 3.91. The zero-order valence-electron chi connectivity index (χ0n) is 9.76. The summed E-state index contributed by atoms with van der Waals surface area (Å²) in [5, 5.41) is 4.79. The molecule has 0 spiro atoms. The molecule has 0 aliphatic heterocycles. The first-order valence-corrected chi connectivity index (χ1v) is 6.74. The Bertz CT molecular complexity index is 785. The van der Waals surface area contributed by atoms with E-state index in [0.29, 0.717) is 5.69 Å². The van der Waals surface area contributed by atoms with Gasteiger partial charge < -0.3 is 0 Å². The van der Waals surface area contributed by atoms with E-state index < -0.39 is 11.7 Å². The van der Waals surface area contributed by atoms with Gasteiger partial charge in [0.15, 0.2) is 5.65 Å². The van der Waals surface area contributed by atoms with Gasteiger partial charge in [-0.25, -0.2) is 18.3 Å². The minimum absolute atomic E-state index is 0.00646. The lowest BCUT2D eigenvalue weighted by molar-refractivity contribution is 0.108. The third-order valence-corrected chi connectivity index (χ3v) is 3.80. The fourth-order valence-corrected chi connectivity index (χ4v) is 2.65. The van der Waals surface area contributed by atoms with Gasteiger partial charge in [-0.3, -0.25) is 4.79 Å². The van der Waals surface area contributed by atoms with Crippen LogP contribution in [0, 0.1) is 0 Å². The second-order valence-corrected chi connectivity index (χ2v) is 5.20. The maximum atomic E-state index is 13.1.